The highest BCUT2D eigenvalue weighted by molar-refractivity contribution is 7.97. The van der Waals surface area contributed by atoms with E-state index in [2.05, 4.69) is 46.0 Å². The molecule has 1 N–H and O–H groups in total. The third-order valence-corrected chi connectivity index (χ3v) is 5.48. The topological polar surface area (TPSA) is 33.6 Å². The number of aromatic nitrogens is 3. The van der Waals surface area contributed by atoms with Crippen molar-refractivity contribution in [3.05, 3.63) is 46.0 Å². The van der Waals surface area contributed by atoms with Crippen LogP contribution in [0.1, 0.15) is 48.7 Å². The lowest BCUT2D eigenvalue weighted by molar-refractivity contribution is 0.499. The molecule has 2 aromatic rings. The second kappa shape index (κ2) is 6.79. The van der Waals surface area contributed by atoms with Crippen molar-refractivity contribution in [3.63, 3.8) is 0 Å². The van der Waals surface area contributed by atoms with Gasteiger partial charge in [-0.25, -0.2) is 0 Å². The van der Waals surface area contributed by atoms with Crippen LogP contribution in [0.15, 0.2) is 24.3 Å². The molecule has 1 fully saturated rings. The molecule has 0 amide bonds. The van der Waals surface area contributed by atoms with Crippen LogP contribution in [0.25, 0.3) is 0 Å². The molecule has 1 aliphatic rings. The Balaban J connectivity index is 1.66. The highest BCUT2D eigenvalue weighted by Crippen LogP contribution is 2.31. The van der Waals surface area contributed by atoms with Crippen LogP contribution in [-0.4, -0.2) is 14.8 Å². The molecule has 112 valence electrons. The van der Waals surface area contributed by atoms with E-state index < -0.39 is 0 Å². The van der Waals surface area contributed by atoms with Crippen molar-refractivity contribution in [3.8, 4) is 0 Å². The Bertz CT molecular complexity index is 654. The number of hydrogen-bond acceptors (Lipinski definition) is 3. The van der Waals surface area contributed by atoms with Gasteiger partial charge in [0.2, 0.25) is 0 Å². The fourth-order valence-electron chi connectivity index (χ4n) is 3.00. The van der Waals surface area contributed by atoms with Crippen molar-refractivity contribution in [2.45, 2.75) is 50.2 Å². The predicted octanol–water partition coefficient (Wildman–Crippen LogP) is 4.80. The van der Waals surface area contributed by atoms with Gasteiger partial charge in [-0.15, -0.1) is 11.8 Å². The van der Waals surface area contributed by atoms with E-state index in [1.165, 1.54) is 36.8 Å². The second-order valence-corrected chi connectivity index (χ2v) is 7.04. The van der Waals surface area contributed by atoms with Gasteiger partial charge < -0.3 is 4.57 Å². The minimum absolute atomic E-state index is 0.560. The lowest BCUT2D eigenvalue weighted by Crippen LogP contribution is -2.08. The zero-order valence-electron chi connectivity index (χ0n) is 12.3. The van der Waals surface area contributed by atoms with Crippen molar-refractivity contribution >= 4 is 24.0 Å². The molecule has 1 heterocycles. The van der Waals surface area contributed by atoms with E-state index in [4.69, 9.17) is 12.2 Å². The average Bonchev–Trinajstić information content (AvgIpc) is 3.11. The first-order valence-corrected chi connectivity index (χ1v) is 9.10. The third-order valence-electron chi connectivity index (χ3n) is 4.22. The summed E-state index contributed by atoms with van der Waals surface area (Å²) in [5.74, 6) is 3.04. The van der Waals surface area contributed by atoms with Crippen molar-refractivity contribution in [2.24, 2.45) is 0 Å². The number of rotatable bonds is 5. The summed E-state index contributed by atoms with van der Waals surface area (Å²) < 4.78 is 3.04. The van der Waals surface area contributed by atoms with Crippen LogP contribution >= 0.6 is 24.0 Å². The smallest absolute Gasteiger partial charge is 0.195 e. The van der Waals surface area contributed by atoms with Crippen LogP contribution in [0.4, 0.5) is 0 Å². The Morgan fingerprint density at radius 1 is 1.29 bits per heavy atom. The van der Waals surface area contributed by atoms with Crippen molar-refractivity contribution < 1.29 is 0 Å². The average molecular weight is 319 g/mol. The zero-order valence-corrected chi connectivity index (χ0v) is 14.0. The molecule has 0 radical (unpaired) electrons. The Morgan fingerprint density at radius 3 is 2.81 bits per heavy atom. The van der Waals surface area contributed by atoms with E-state index >= 15 is 0 Å². The fourth-order valence-corrected chi connectivity index (χ4v) is 4.33. The SMILES string of the molecule is Cc1ccccc1CSCc1n[nH]c(=S)n1C1CCCC1. The fraction of sp³-hybridized carbons (Fsp3) is 0.500. The van der Waals surface area contributed by atoms with Gasteiger partial charge in [-0.1, -0.05) is 37.1 Å². The summed E-state index contributed by atoms with van der Waals surface area (Å²) in [6, 6.07) is 9.14. The third kappa shape index (κ3) is 3.40. The first-order chi connectivity index (χ1) is 10.3. The van der Waals surface area contributed by atoms with E-state index in [1.54, 1.807) is 0 Å². The lowest BCUT2D eigenvalue weighted by Gasteiger charge is -2.13. The molecule has 0 atom stereocenters. The normalized spacial score (nSPS) is 15.7. The van der Waals surface area contributed by atoms with Crippen LogP contribution in [0.5, 0.6) is 0 Å². The van der Waals surface area contributed by atoms with E-state index in [0.29, 0.717) is 6.04 Å². The molecule has 3 nitrogen and oxygen atoms in total. The molecule has 1 saturated carbocycles. The molecule has 5 heteroatoms. The number of aromatic amines is 1. The van der Waals surface area contributed by atoms with Gasteiger partial charge in [0.25, 0.3) is 0 Å². The maximum absolute atomic E-state index is 5.41. The number of aryl methyl sites for hydroxylation is 1. The molecule has 21 heavy (non-hydrogen) atoms. The monoisotopic (exact) mass is 319 g/mol. The Labute approximate surface area is 135 Å². The van der Waals surface area contributed by atoms with Gasteiger partial charge in [0.1, 0.15) is 5.82 Å². The largest absolute Gasteiger partial charge is 0.300 e. The molecule has 1 aliphatic carbocycles. The van der Waals surface area contributed by atoms with Gasteiger partial charge in [-0.05, 0) is 43.1 Å². The quantitative estimate of drug-likeness (QED) is 0.804. The number of benzene rings is 1. The van der Waals surface area contributed by atoms with Crippen molar-refractivity contribution in [1.82, 2.24) is 14.8 Å². The molecule has 0 bridgehead atoms. The minimum Gasteiger partial charge on any atom is -0.300 e. The number of nitrogens with one attached hydrogen (secondary N) is 1. The number of hydrogen-bond donors (Lipinski definition) is 1. The summed E-state index contributed by atoms with van der Waals surface area (Å²) in [5.41, 5.74) is 2.77. The molecule has 0 saturated heterocycles. The zero-order chi connectivity index (χ0) is 14.7. The van der Waals surface area contributed by atoms with Gasteiger partial charge in [0.15, 0.2) is 4.77 Å². The van der Waals surface area contributed by atoms with E-state index in [0.717, 1.165) is 22.1 Å². The molecule has 3 rings (SSSR count). The van der Waals surface area contributed by atoms with Crippen LogP contribution in [0, 0.1) is 11.7 Å². The highest BCUT2D eigenvalue weighted by atomic mass is 32.2. The summed E-state index contributed by atoms with van der Waals surface area (Å²) in [6.07, 6.45) is 5.10. The minimum atomic E-state index is 0.560. The van der Waals surface area contributed by atoms with Crippen LogP contribution in [-0.2, 0) is 11.5 Å². The van der Waals surface area contributed by atoms with Gasteiger partial charge >= 0.3 is 0 Å². The first kappa shape index (κ1) is 14.9. The predicted molar refractivity (Wildman–Crippen MR) is 91.1 cm³/mol. The maximum Gasteiger partial charge on any atom is 0.195 e. The van der Waals surface area contributed by atoms with Gasteiger partial charge in [0.05, 0.1) is 5.75 Å². The maximum atomic E-state index is 5.41. The highest BCUT2D eigenvalue weighted by Gasteiger charge is 2.20. The van der Waals surface area contributed by atoms with E-state index in [1.807, 2.05) is 11.8 Å². The molecular formula is C16H21N3S2. The van der Waals surface area contributed by atoms with Crippen LogP contribution in [0.3, 0.4) is 0 Å². The first-order valence-electron chi connectivity index (χ1n) is 7.54. The van der Waals surface area contributed by atoms with E-state index in [9.17, 15) is 0 Å². The Hall–Kier alpha value is -1.07. The van der Waals surface area contributed by atoms with E-state index in [-0.39, 0.29) is 0 Å². The van der Waals surface area contributed by atoms with Gasteiger partial charge in [-0.2, -0.15) is 5.10 Å². The standard InChI is InChI=1S/C16H21N3S2/c1-12-6-2-3-7-13(12)10-21-11-15-17-18-16(20)19(15)14-8-4-5-9-14/h2-3,6-7,14H,4-5,8-11H2,1H3,(H,18,20). The van der Waals surface area contributed by atoms with Gasteiger partial charge in [0, 0.05) is 11.8 Å². The lowest BCUT2D eigenvalue weighted by atomic mass is 10.1. The number of thioether (sulfide) groups is 1. The Kier molecular flexibility index (Phi) is 4.80. The van der Waals surface area contributed by atoms with Crippen molar-refractivity contribution in [2.75, 3.05) is 0 Å². The second-order valence-electron chi connectivity index (χ2n) is 5.67. The number of nitrogens with zero attached hydrogens (tertiary/aromatic N) is 2. The molecule has 1 aromatic heterocycles. The van der Waals surface area contributed by atoms with Gasteiger partial charge in [-0.3, -0.25) is 5.10 Å². The van der Waals surface area contributed by atoms with Crippen molar-refractivity contribution in [1.29, 1.82) is 0 Å². The molecule has 1 aromatic carbocycles. The molecule has 0 aliphatic heterocycles. The Morgan fingerprint density at radius 2 is 2.05 bits per heavy atom. The summed E-state index contributed by atoms with van der Waals surface area (Å²) in [5, 5.41) is 7.42. The summed E-state index contributed by atoms with van der Waals surface area (Å²) >= 11 is 7.32. The molecule has 0 spiro atoms. The summed E-state index contributed by atoms with van der Waals surface area (Å²) in [4.78, 5) is 0. The number of H-pyrrole nitrogens is 1. The molecule has 0 unspecified atom stereocenters. The van der Waals surface area contributed by atoms with Crippen LogP contribution in [0.2, 0.25) is 0 Å². The van der Waals surface area contributed by atoms with Crippen LogP contribution < -0.4 is 0 Å². The molecular weight excluding hydrogens is 298 g/mol. The summed E-state index contributed by atoms with van der Waals surface area (Å²) in [6.45, 7) is 2.17. The summed E-state index contributed by atoms with van der Waals surface area (Å²) in [7, 11) is 0.